The van der Waals surface area contributed by atoms with Gasteiger partial charge in [0.2, 0.25) is 5.82 Å². The molecule has 0 saturated heterocycles. The van der Waals surface area contributed by atoms with Gasteiger partial charge >= 0.3 is 11.3 Å². The van der Waals surface area contributed by atoms with Crippen LogP contribution in [0.2, 0.25) is 0 Å². The van der Waals surface area contributed by atoms with Crippen LogP contribution in [0, 0.1) is 15.9 Å². The van der Waals surface area contributed by atoms with E-state index in [1.54, 1.807) is 18.2 Å². The monoisotopic (exact) mass is 344 g/mol. The largest absolute Gasteiger partial charge is 0.497 e. The average molecular weight is 344 g/mol. The lowest BCUT2D eigenvalue weighted by Crippen LogP contribution is -2.06. The summed E-state index contributed by atoms with van der Waals surface area (Å²) in [4.78, 5) is 21.7. The predicted octanol–water partition coefficient (Wildman–Crippen LogP) is 3.46. The second kappa shape index (κ2) is 6.60. The summed E-state index contributed by atoms with van der Waals surface area (Å²) in [6, 6.07) is 9.92. The summed E-state index contributed by atoms with van der Waals surface area (Å²) in [6.45, 7) is 0.206. The molecule has 1 aromatic heterocycles. The van der Waals surface area contributed by atoms with Gasteiger partial charge in [0.1, 0.15) is 11.3 Å². The van der Waals surface area contributed by atoms with E-state index in [0.717, 1.165) is 12.1 Å². The molecule has 7 nitrogen and oxygen atoms in total. The van der Waals surface area contributed by atoms with Crippen molar-refractivity contribution in [3.8, 4) is 5.75 Å². The standard InChI is InChI=1S/C17H13FN2O5/c1-24-12-3-4-13-10(6-17(21)25-16(13)8-12)9-19-11-2-5-14(18)15(7-11)20(22)23/h2-8,19H,9H2,1H3. The fourth-order valence-corrected chi connectivity index (χ4v) is 2.44. The highest BCUT2D eigenvalue weighted by atomic mass is 19.1. The van der Waals surface area contributed by atoms with Crippen LogP contribution in [0.1, 0.15) is 5.56 Å². The molecule has 128 valence electrons. The molecule has 0 aliphatic carbocycles. The molecule has 8 heteroatoms. The first kappa shape index (κ1) is 16.4. The highest BCUT2D eigenvalue weighted by Gasteiger charge is 2.14. The zero-order chi connectivity index (χ0) is 18.0. The molecule has 0 atom stereocenters. The van der Waals surface area contributed by atoms with Crippen molar-refractivity contribution >= 4 is 22.3 Å². The molecule has 0 aliphatic rings. The van der Waals surface area contributed by atoms with Gasteiger partial charge in [-0.05, 0) is 29.8 Å². The number of anilines is 1. The number of hydrogen-bond donors (Lipinski definition) is 1. The van der Waals surface area contributed by atoms with Crippen molar-refractivity contribution < 1.29 is 18.5 Å². The van der Waals surface area contributed by atoms with Gasteiger partial charge in [0, 0.05) is 35.8 Å². The summed E-state index contributed by atoms with van der Waals surface area (Å²) in [5.41, 5.74) is 0.229. The van der Waals surface area contributed by atoms with E-state index in [9.17, 15) is 19.3 Å². The lowest BCUT2D eigenvalue weighted by molar-refractivity contribution is -0.387. The third-order valence-corrected chi connectivity index (χ3v) is 3.66. The SMILES string of the molecule is COc1ccc2c(CNc3ccc(F)c([N+](=O)[O-])c3)cc(=O)oc2c1. The third-order valence-electron chi connectivity index (χ3n) is 3.66. The normalized spacial score (nSPS) is 10.6. The van der Waals surface area contributed by atoms with Crippen molar-refractivity contribution in [1.82, 2.24) is 0 Å². The van der Waals surface area contributed by atoms with Gasteiger partial charge in [0.15, 0.2) is 0 Å². The van der Waals surface area contributed by atoms with Crippen molar-refractivity contribution in [2.75, 3.05) is 12.4 Å². The van der Waals surface area contributed by atoms with Crippen LogP contribution in [0.4, 0.5) is 15.8 Å². The molecule has 0 bridgehead atoms. The van der Waals surface area contributed by atoms with Gasteiger partial charge in [-0.15, -0.1) is 0 Å². The number of nitrogens with one attached hydrogen (secondary N) is 1. The first-order chi connectivity index (χ1) is 12.0. The maximum Gasteiger partial charge on any atom is 0.336 e. The van der Waals surface area contributed by atoms with Crippen LogP contribution in [0.5, 0.6) is 5.75 Å². The Hall–Kier alpha value is -3.42. The van der Waals surface area contributed by atoms with Crippen LogP contribution >= 0.6 is 0 Å². The maximum absolute atomic E-state index is 13.4. The van der Waals surface area contributed by atoms with E-state index in [-0.39, 0.29) is 6.54 Å². The number of nitro groups is 1. The molecule has 0 saturated carbocycles. The zero-order valence-electron chi connectivity index (χ0n) is 13.1. The summed E-state index contributed by atoms with van der Waals surface area (Å²) in [5.74, 6) is -0.358. The Morgan fingerprint density at radius 1 is 1.24 bits per heavy atom. The smallest absolute Gasteiger partial charge is 0.336 e. The Morgan fingerprint density at radius 3 is 2.76 bits per heavy atom. The summed E-state index contributed by atoms with van der Waals surface area (Å²) < 4.78 is 23.6. The van der Waals surface area contributed by atoms with Gasteiger partial charge in [-0.25, -0.2) is 4.79 Å². The van der Waals surface area contributed by atoms with Gasteiger partial charge in [-0.3, -0.25) is 10.1 Å². The van der Waals surface area contributed by atoms with E-state index < -0.39 is 22.1 Å². The van der Waals surface area contributed by atoms with Crippen LogP contribution < -0.4 is 15.7 Å². The number of nitrogens with zero attached hydrogens (tertiary/aromatic N) is 1. The van der Waals surface area contributed by atoms with Crippen LogP contribution in [0.3, 0.4) is 0 Å². The molecule has 25 heavy (non-hydrogen) atoms. The maximum atomic E-state index is 13.4. The topological polar surface area (TPSA) is 94.6 Å². The lowest BCUT2D eigenvalue weighted by Gasteiger charge is -2.09. The van der Waals surface area contributed by atoms with E-state index in [4.69, 9.17) is 9.15 Å². The van der Waals surface area contributed by atoms with E-state index in [2.05, 4.69) is 5.32 Å². The quantitative estimate of drug-likeness (QED) is 0.433. The average Bonchev–Trinajstić information content (AvgIpc) is 2.59. The fraction of sp³-hybridized carbons (Fsp3) is 0.118. The molecule has 0 aliphatic heterocycles. The molecule has 0 unspecified atom stereocenters. The minimum absolute atomic E-state index is 0.206. The van der Waals surface area contributed by atoms with Crippen molar-refractivity contribution in [3.05, 3.63) is 74.4 Å². The van der Waals surface area contributed by atoms with Crippen molar-refractivity contribution in [1.29, 1.82) is 0 Å². The molecule has 1 heterocycles. The summed E-state index contributed by atoms with van der Waals surface area (Å²) in [7, 11) is 1.51. The number of benzene rings is 2. The minimum Gasteiger partial charge on any atom is -0.497 e. The number of methoxy groups -OCH3 is 1. The van der Waals surface area contributed by atoms with Gasteiger partial charge in [0.05, 0.1) is 12.0 Å². The first-order valence-corrected chi connectivity index (χ1v) is 7.26. The Balaban J connectivity index is 1.92. The molecular formula is C17H13FN2O5. The van der Waals surface area contributed by atoms with Gasteiger partial charge in [-0.1, -0.05) is 0 Å². The van der Waals surface area contributed by atoms with Crippen LogP contribution in [0.25, 0.3) is 11.0 Å². The summed E-state index contributed by atoms with van der Waals surface area (Å²) in [5, 5.41) is 14.4. The zero-order valence-corrected chi connectivity index (χ0v) is 13.1. The Bertz CT molecular complexity index is 1020. The van der Waals surface area contributed by atoms with E-state index in [1.807, 2.05) is 0 Å². The molecule has 1 N–H and O–H groups in total. The number of fused-ring (bicyclic) bond motifs is 1. The van der Waals surface area contributed by atoms with Crippen LogP contribution in [-0.2, 0) is 6.54 Å². The van der Waals surface area contributed by atoms with Crippen LogP contribution in [0.15, 0.2) is 51.7 Å². The first-order valence-electron chi connectivity index (χ1n) is 7.26. The van der Waals surface area contributed by atoms with E-state index >= 15 is 0 Å². The fourth-order valence-electron chi connectivity index (χ4n) is 2.44. The summed E-state index contributed by atoms with van der Waals surface area (Å²) >= 11 is 0. The second-order valence-electron chi connectivity index (χ2n) is 5.23. The lowest BCUT2D eigenvalue weighted by atomic mass is 10.1. The van der Waals surface area contributed by atoms with Gasteiger partial charge < -0.3 is 14.5 Å². The number of nitro benzene ring substituents is 1. The Kier molecular flexibility index (Phi) is 4.34. The number of hydrogen-bond acceptors (Lipinski definition) is 6. The molecule has 3 rings (SSSR count). The van der Waals surface area contributed by atoms with Crippen molar-refractivity contribution in [2.24, 2.45) is 0 Å². The molecule has 0 radical (unpaired) electrons. The van der Waals surface area contributed by atoms with Gasteiger partial charge in [0.25, 0.3) is 0 Å². The number of ether oxygens (including phenoxy) is 1. The van der Waals surface area contributed by atoms with Gasteiger partial charge in [-0.2, -0.15) is 4.39 Å². The van der Waals surface area contributed by atoms with Crippen molar-refractivity contribution in [3.63, 3.8) is 0 Å². The highest BCUT2D eigenvalue weighted by molar-refractivity contribution is 5.81. The number of halogens is 1. The Labute approximate surface area is 140 Å². The Morgan fingerprint density at radius 2 is 2.04 bits per heavy atom. The highest BCUT2D eigenvalue weighted by Crippen LogP contribution is 2.25. The molecule has 3 aromatic rings. The molecule has 2 aromatic carbocycles. The minimum atomic E-state index is -0.909. The van der Waals surface area contributed by atoms with Crippen molar-refractivity contribution in [2.45, 2.75) is 6.54 Å². The molecule has 0 fully saturated rings. The molecule has 0 amide bonds. The predicted molar refractivity (Wildman–Crippen MR) is 89.4 cm³/mol. The third kappa shape index (κ3) is 3.42. The summed E-state index contributed by atoms with van der Waals surface area (Å²) in [6.07, 6.45) is 0. The number of rotatable bonds is 5. The van der Waals surface area contributed by atoms with E-state index in [0.29, 0.717) is 28.0 Å². The van der Waals surface area contributed by atoms with E-state index in [1.165, 1.54) is 19.2 Å². The molecular weight excluding hydrogens is 331 g/mol. The van der Waals surface area contributed by atoms with Crippen LogP contribution in [-0.4, -0.2) is 12.0 Å². The second-order valence-corrected chi connectivity index (χ2v) is 5.23. The molecule has 0 spiro atoms.